The molecule has 5 heteroatoms. The second-order valence-electron chi connectivity index (χ2n) is 4.92. The molecule has 1 heterocycles. The van der Waals surface area contributed by atoms with Crippen LogP contribution < -0.4 is 10.6 Å². The molecule has 0 saturated carbocycles. The molecule has 0 radical (unpaired) electrons. The SMILES string of the molecule is CCNC(=NCC(C)c1cccs1)NC1CC=CC1.I. The fourth-order valence-electron chi connectivity index (χ4n) is 2.14. The lowest BCUT2D eigenvalue weighted by molar-refractivity contribution is 0.630. The molecule has 0 bridgehead atoms. The lowest BCUT2D eigenvalue weighted by Crippen LogP contribution is -2.42. The van der Waals surface area contributed by atoms with Crippen LogP contribution in [0.25, 0.3) is 0 Å². The van der Waals surface area contributed by atoms with Gasteiger partial charge in [-0.2, -0.15) is 0 Å². The van der Waals surface area contributed by atoms with E-state index in [2.05, 4.69) is 54.1 Å². The zero-order valence-electron chi connectivity index (χ0n) is 12.1. The van der Waals surface area contributed by atoms with Gasteiger partial charge in [0, 0.05) is 23.4 Å². The van der Waals surface area contributed by atoms with Crippen LogP contribution in [0.4, 0.5) is 0 Å². The zero-order valence-corrected chi connectivity index (χ0v) is 15.3. The first-order valence-corrected chi connectivity index (χ1v) is 7.90. The molecule has 0 spiro atoms. The van der Waals surface area contributed by atoms with Crippen LogP contribution in [0.15, 0.2) is 34.7 Å². The van der Waals surface area contributed by atoms with E-state index in [0.717, 1.165) is 31.9 Å². The molecule has 0 saturated heterocycles. The van der Waals surface area contributed by atoms with E-state index in [0.29, 0.717) is 12.0 Å². The van der Waals surface area contributed by atoms with Crippen molar-refractivity contribution < 1.29 is 0 Å². The molecule has 2 rings (SSSR count). The summed E-state index contributed by atoms with van der Waals surface area (Å²) in [7, 11) is 0. The summed E-state index contributed by atoms with van der Waals surface area (Å²) in [4.78, 5) is 6.11. The first kappa shape index (κ1) is 17.5. The molecule has 1 atom stereocenters. The summed E-state index contributed by atoms with van der Waals surface area (Å²) in [5.74, 6) is 1.43. The lowest BCUT2D eigenvalue weighted by Gasteiger charge is -2.17. The monoisotopic (exact) mass is 405 g/mol. The zero-order chi connectivity index (χ0) is 13.5. The second kappa shape index (κ2) is 9.39. The van der Waals surface area contributed by atoms with Crippen LogP contribution in [-0.2, 0) is 0 Å². The van der Waals surface area contributed by atoms with Gasteiger partial charge in [-0.1, -0.05) is 25.1 Å². The van der Waals surface area contributed by atoms with Crippen LogP contribution in [0.1, 0.15) is 37.5 Å². The molecule has 0 fully saturated rings. The van der Waals surface area contributed by atoms with Crippen molar-refractivity contribution in [2.24, 2.45) is 4.99 Å². The smallest absolute Gasteiger partial charge is 0.191 e. The number of aliphatic imine (C=N–C) groups is 1. The first-order valence-electron chi connectivity index (χ1n) is 7.02. The van der Waals surface area contributed by atoms with E-state index >= 15 is 0 Å². The largest absolute Gasteiger partial charge is 0.357 e. The molecular formula is C15H24IN3S. The quantitative estimate of drug-likeness (QED) is 0.339. The van der Waals surface area contributed by atoms with Gasteiger partial charge in [-0.05, 0) is 31.2 Å². The van der Waals surface area contributed by atoms with Crippen molar-refractivity contribution in [3.05, 3.63) is 34.5 Å². The Balaban J connectivity index is 0.00000200. The minimum Gasteiger partial charge on any atom is -0.357 e. The standard InChI is InChI=1S/C15H23N3S.HI/c1-3-16-15(18-13-7-4-5-8-13)17-11-12(2)14-9-6-10-19-14;/h4-6,9-10,12-13H,3,7-8,11H2,1-2H3,(H2,16,17,18);1H. The van der Waals surface area contributed by atoms with Crippen molar-refractivity contribution in [1.29, 1.82) is 0 Å². The van der Waals surface area contributed by atoms with Crippen LogP contribution in [0, 0.1) is 0 Å². The molecule has 3 nitrogen and oxygen atoms in total. The number of nitrogens with zero attached hydrogens (tertiary/aromatic N) is 1. The fraction of sp³-hybridized carbons (Fsp3) is 0.533. The number of guanidine groups is 1. The highest BCUT2D eigenvalue weighted by Crippen LogP contribution is 2.20. The molecule has 112 valence electrons. The van der Waals surface area contributed by atoms with Crippen molar-refractivity contribution in [3.63, 3.8) is 0 Å². The highest BCUT2D eigenvalue weighted by Gasteiger charge is 2.12. The summed E-state index contributed by atoms with van der Waals surface area (Å²) in [6.45, 7) is 6.07. The van der Waals surface area contributed by atoms with Crippen molar-refractivity contribution >= 4 is 41.3 Å². The van der Waals surface area contributed by atoms with Gasteiger partial charge in [0.1, 0.15) is 0 Å². The molecule has 0 aliphatic heterocycles. The van der Waals surface area contributed by atoms with Gasteiger partial charge in [-0.3, -0.25) is 4.99 Å². The maximum atomic E-state index is 4.71. The van der Waals surface area contributed by atoms with Gasteiger partial charge in [-0.15, -0.1) is 35.3 Å². The van der Waals surface area contributed by atoms with Crippen molar-refractivity contribution in [2.75, 3.05) is 13.1 Å². The minimum atomic E-state index is 0. The Labute approximate surface area is 143 Å². The minimum absolute atomic E-state index is 0. The number of hydrogen-bond acceptors (Lipinski definition) is 2. The maximum Gasteiger partial charge on any atom is 0.191 e. The highest BCUT2D eigenvalue weighted by atomic mass is 127. The van der Waals surface area contributed by atoms with E-state index in [1.165, 1.54) is 4.88 Å². The number of hydrogen-bond donors (Lipinski definition) is 2. The molecule has 1 aliphatic carbocycles. The Morgan fingerprint density at radius 1 is 1.45 bits per heavy atom. The second-order valence-corrected chi connectivity index (χ2v) is 5.90. The van der Waals surface area contributed by atoms with E-state index in [1.54, 1.807) is 0 Å². The Hall–Kier alpha value is -0.560. The number of halogens is 1. The Kier molecular flexibility index (Phi) is 8.21. The van der Waals surface area contributed by atoms with Crippen molar-refractivity contribution in [1.82, 2.24) is 10.6 Å². The van der Waals surface area contributed by atoms with Gasteiger partial charge in [-0.25, -0.2) is 0 Å². The van der Waals surface area contributed by atoms with E-state index in [-0.39, 0.29) is 24.0 Å². The van der Waals surface area contributed by atoms with Crippen molar-refractivity contribution in [2.45, 2.75) is 38.6 Å². The Morgan fingerprint density at radius 2 is 2.20 bits per heavy atom. The van der Waals surface area contributed by atoms with Gasteiger partial charge in [0.15, 0.2) is 5.96 Å². The van der Waals surface area contributed by atoms with E-state index in [9.17, 15) is 0 Å². The average Bonchev–Trinajstić information content (AvgIpc) is 3.08. The molecule has 1 unspecified atom stereocenters. The fourth-order valence-corrected chi connectivity index (χ4v) is 2.92. The predicted molar refractivity (Wildman–Crippen MR) is 99.4 cm³/mol. The Bertz CT molecular complexity index is 420. The third kappa shape index (κ3) is 5.44. The third-order valence-corrected chi connectivity index (χ3v) is 4.35. The molecule has 1 aromatic heterocycles. The lowest BCUT2D eigenvalue weighted by atomic mass is 10.1. The normalized spacial score (nSPS) is 16.8. The van der Waals surface area contributed by atoms with Gasteiger partial charge < -0.3 is 10.6 Å². The van der Waals surface area contributed by atoms with Crippen molar-refractivity contribution in [3.8, 4) is 0 Å². The third-order valence-electron chi connectivity index (χ3n) is 3.25. The molecule has 20 heavy (non-hydrogen) atoms. The predicted octanol–water partition coefficient (Wildman–Crippen LogP) is 3.74. The first-order chi connectivity index (χ1) is 9.29. The number of rotatable bonds is 5. The summed E-state index contributed by atoms with van der Waals surface area (Å²) in [5.41, 5.74) is 0. The highest BCUT2D eigenvalue weighted by molar-refractivity contribution is 14.0. The van der Waals surface area contributed by atoms with Crippen LogP contribution in [0.2, 0.25) is 0 Å². The molecule has 0 aromatic carbocycles. The molecule has 0 amide bonds. The maximum absolute atomic E-state index is 4.71. The van der Waals surface area contributed by atoms with Gasteiger partial charge in [0.25, 0.3) is 0 Å². The number of nitrogens with one attached hydrogen (secondary N) is 2. The van der Waals surface area contributed by atoms with E-state index in [1.807, 2.05) is 11.3 Å². The Morgan fingerprint density at radius 3 is 2.80 bits per heavy atom. The van der Waals surface area contributed by atoms with Crippen LogP contribution in [0.5, 0.6) is 0 Å². The van der Waals surface area contributed by atoms with Gasteiger partial charge >= 0.3 is 0 Å². The van der Waals surface area contributed by atoms with Crippen LogP contribution in [0.3, 0.4) is 0 Å². The van der Waals surface area contributed by atoms with Crippen LogP contribution in [-0.4, -0.2) is 25.1 Å². The van der Waals surface area contributed by atoms with Crippen LogP contribution >= 0.6 is 35.3 Å². The molecule has 1 aliphatic rings. The summed E-state index contributed by atoms with van der Waals surface area (Å²) >= 11 is 1.81. The van der Waals surface area contributed by atoms with E-state index < -0.39 is 0 Å². The molecule has 2 N–H and O–H groups in total. The average molecular weight is 405 g/mol. The van der Waals surface area contributed by atoms with Gasteiger partial charge in [0.05, 0.1) is 6.54 Å². The topological polar surface area (TPSA) is 36.4 Å². The van der Waals surface area contributed by atoms with E-state index in [4.69, 9.17) is 4.99 Å². The summed E-state index contributed by atoms with van der Waals surface area (Å²) in [6.07, 6.45) is 6.67. The molecule has 1 aromatic rings. The number of thiophene rings is 1. The van der Waals surface area contributed by atoms with Gasteiger partial charge in [0.2, 0.25) is 0 Å². The summed E-state index contributed by atoms with van der Waals surface area (Å²) < 4.78 is 0. The molecular weight excluding hydrogens is 381 g/mol. The summed E-state index contributed by atoms with van der Waals surface area (Å²) in [6, 6.07) is 4.80. The summed E-state index contributed by atoms with van der Waals surface area (Å²) in [5, 5.41) is 8.95.